The Hall–Kier alpha value is -3.74. The number of carbonyl (C=O) groups is 2. The van der Waals surface area contributed by atoms with E-state index in [9.17, 15) is 9.59 Å². The lowest BCUT2D eigenvalue weighted by molar-refractivity contribution is 0.101. The van der Waals surface area contributed by atoms with Crippen LogP contribution in [0.25, 0.3) is 0 Å². The minimum atomic E-state index is -0.275. The maximum atomic E-state index is 12.5. The molecule has 0 spiro atoms. The summed E-state index contributed by atoms with van der Waals surface area (Å²) in [6.07, 6.45) is 7.50. The third kappa shape index (κ3) is 6.04. The maximum Gasteiger partial charge on any atom is 0.258 e. The molecule has 38 heavy (non-hydrogen) atoms. The normalized spacial score (nSPS) is 17.0. The van der Waals surface area contributed by atoms with Crippen LogP contribution in [0.3, 0.4) is 0 Å². The fraction of sp³-hybridized carbons (Fsp3) is 0.200. The first kappa shape index (κ1) is 25.9. The van der Waals surface area contributed by atoms with E-state index in [0.29, 0.717) is 23.0 Å². The molecule has 1 saturated carbocycles. The number of anilines is 2. The van der Waals surface area contributed by atoms with Crippen molar-refractivity contribution in [3.05, 3.63) is 118 Å². The molecule has 8 heteroatoms. The summed E-state index contributed by atoms with van der Waals surface area (Å²) in [5, 5.41) is 6.15. The van der Waals surface area contributed by atoms with Crippen molar-refractivity contribution in [2.75, 3.05) is 10.6 Å². The molecule has 2 aromatic carbocycles. The van der Waals surface area contributed by atoms with Gasteiger partial charge in [0.15, 0.2) is 0 Å². The monoisotopic (exact) mass is 544 g/mol. The second kappa shape index (κ2) is 11.8. The standard InChI is InChI=1S/C30H26Cl2N4O2/c31-27-25(3-1-17-33-27)29(37)35-23-13-9-21(10-14-23)19-5-7-20(8-6-19)22-11-15-24(16-12-22)36-30(38)26-4-2-18-34-28(26)32/h1-4,9-20H,5-8H2,(H,35,37)(H,36,38). The van der Waals surface area contributed by atoms with Crippen LogP contribution < -0.4 is 10.6 Å². The zero-order valence-corrected chi connectivity index (χ0v) is 22.0. The van der Waals surface area contributed by atoms with Gasteiger partial charge in [-0.25, -0.2) is 9.97 Å². The van der Waals surface area contributed by atoms with Crippen molar-refractivity contribution < 1.29 is 9.59 Å². The molecule has 0 bridgehead atoms. The van der Waals surface area contributed by atoms with Crippen molar-refractivity contribution in [3.8, 4) is 0 Å². The van der Waals surface area contributed by atoms with Crippen LogP contribution in [0.1, 0.15) is 69.4 Å². The van der Waals surface area contributed by atoms with Gasteiger partial charge in [-0.15, -0.1) is 0 Å². The summed E-state index contributed by atoms with van der Waals surface area (Å²) >= 11 is 12.1. The number of nitrogens with zero attached hydrogens (tertiary/aromatic N) is 2. The Kier molecular flexibility index (Phi) is 8.01. The minimum absolute atomic E-state index is 0.187. The Morgan fingerprint density at radius 1 is 0.605 bits per heavy atom. The van der Waals surface area contributed by atoms with Crippen molar-refractivity contribution in [1.29, 1.82) is 0 Å². The highest BCUT2D eigenvalue weighted by molar-refractivity contribution is 6.33. The van der Waals surface area contributed by atoms with Crippen molar-refractivity contribution >= 4 is 46.4 Å². The average Bonchev–Trinajstić information content (AvgIpc) is 2.94. The van der Waals surface area contributed by atoms with E-state index < -0.39 is 0 Å². The third-order valence-electron chi connectivity index (χ3n) is 7.01. The molecule has 192 valence electrons. The van der Waals surface area contributed by atoms with Gasteiger partial charge < -0.3 is 10.6 Å². The smallest absolute Gasteiger partial charge is 0.258 e. The Balaban J connectivity index is 1.14. The number of carbonyl (C=O) groups excluding carboxylic acids is 2. The van der Waals surface area contributed by atoms with Crippen LogP contribution >= 0.6 is 23.2 Å². The van der Waals surface area contributed by atoms with Gasteiger partial charge >= 0.3 is 0 Å². The molecule has 0 unspecified atom stereocenters. The molecule has 2 N–H and O–H groups in total. The first-order valence-corrected chi connectivity index (χ1v) is 13.3. The molecule has 2 amide bonds. The predicted octanol–water partition coefficient (Wildman–Crippen LogP) is 7.73. The van der Waals surface area contributed by atoms with E-state index >= 15 is 0 Å². The third-order valence-corrected chi connectivity index (χ3v) is 7.62. The van der Waals surface area contributed by atoms with Gasteiger partial charge in [-0.1, -0.05) is 47.5 Å². The van der Waals surface area contributed by atoms with Crippen molar-refractivity contribution in [2.45, 2.75) is 37.5 Å². The van der Waals surface area contributed by atoms with Gasteiger partial charge in [0.2, 0.25) is 0 Å². The van der Waals surface area contributed by atoms with E-state index in [1.807, 2.05) is 24.3 Å². The van der Waals surface area contributed by atoms with Crippen LogP contribution in [-0.2, 0) is 0 Å². The molecule has 5 rings (SSSR count). The molecule has 1 aliphatic rings. The highest BCUT2D eigenvalue weighted by atomic mass is 35.5. The van der Waals surface area contributed by atoms with Gasteiger partial charge in [0.1, 0.15) is 10.3 Å². The summed E-state index contributed by atoms with van der Waals surface area (Å²) in [5.74, 6) is 0.434. The molecule has 0 saturated heterocycles. The first-order chi connectivity index (χ1) is 18.5. The van der Waals surface area contributed by atoms with Gasteiger partial charge in [0.05, 0.1) is 11.1 Å². The van der Waals surface area contributed by atoms with Crippen LogP contribution in [-0.4, -0.2) is 21.8 Å². The second-order valence-electron chi connectivity index (χ2n) is 9.38. The molecule has 0 atom stereocenters. The zero-order chi connectivity index (χ0) is 26.5. The number of amides is 2. The number of aromatic nitrogens is 2. The minimum Gasteiger partial charge on any atom is -0.322 e. The van der Waals surface area contributed by atoms with Crippen LogP contribution in [0.15, 0.2) is 85.2 Å². The molecule has 2 heterocycles. The highest BCUT2D eigenvalue weighted by Crippen LogP contribution is 2.41. The van der Waals surface area contributed by atoms with Gasteiger partial charge in [-0.3, -0.25) is 9.59 Å². The van der Waals surface area contributed by atoms with Crippen LogP contribution in [0, 0.1) is 0 Å². The predicted molar refractivity (Wildman–Crippen MR) is 151 cm³/mol. The molecule has 6 nitrogen and oxygen atoms in total. The number of hydrogen-bond donors (Lipinski definition) is 2. The SMILES string of the molecule is O=C(Nc1ccc(C2CCC(c3ccc(NC(=O)c4cccnc4Cl)cc3)CC2)cc1)c1cccnc1Cl. The average molecular weight is 545 g/mol. The summed E-state index contributed by atoms with van der Waals surface area (Å²) in [5.41, 5.74) is 4.73. The lowest BCUT2D eigenvalue weighted by Gasteiger charge is -2.29. The van der Waals surface area contributed by atoms with E-state index in [1.165, 1.54) is 11.1 Å². The molecule has 0 radical (unpaired) electrons. The molecular formula is C30H26Cl2N4O2. The van der Waals surface area contributed by atoms with Crippen LogP contribution in [0.4, 0.5) is 11.4 Å². The molecule has 4 aromatic rings. The van der Waals surface area contributed by atoms with Crippen LogP contribution in [0.2, 0.25) is 10.3 Å². The number of halogens is 2. The Morgan fingerprint density at radius 2 is 0.974 bits per heavy atom. The van der Waals surface area contributed by atoms with E-state index in [0.717, 1.165) is 37.1 Å². The number of benzene rings is 2. The number of nitrogens with one attached hydrogen (secondary N) is 2. The second-order valence-corrected chi connectivity index (χ2v) is 10.1. The number of pyridine rings is 2. The quantitative estimate of drug-likeness (QED) is 0.243. The summed E-state index contributed by atoms with van der Waals surface area (Å²) in [4.78, 5) is 32.9. The van der Waals surface area contributed by atoms with Crippen LogP contribution in [0.5, 0.6) is 0 Å². The molecule has 0 aliphatic heterocycles. The van der Waals surface area contributed by atoms with E-state index in [2.05, 4.69) is 44.9 Å². The van der Waals surface area contributed by atoms with Crippen molar-refractivity contribution in [2.24, 2.45) is 0 Å². The van der Waals surface area contributed by atoms with Gasteiger partial charge in [0, 0.05) is 23.8 Å². The lowest BCUT2D eigenvalue weighted by Crippen LogP contribution is -2.14. The summed E-state index contributed by atoms with van der Waals surface area (Å²) in [7, 11) is 0. The van der Waals surface area contributed by atoms with Gasteiger partial charge in [-0.05, 0) is 97.2 Å². The molecule has 2 aromatic heterocycles. The maximum absolute atomic E-state index is 12.5. The lowest BCUT2D eigenvalue weighted by atomic mass is 9.76. The largest absolute Gasteiger partial charge is 0.322 e. The Morgan fingerprint density at radius 3 is 1.32 bits per heavy atom. The fourth-order valence-corrected chi connectivity index (χ4v) is 5.36. The number of rotatable bonds is 6. The van der Waals surface area contributed by atoms with E-state index in [-0.39, 0.29) is 22.1 Å². The fourth-order valence-electron chi connectivity index (χ4n) is 4.94. The molecule has 1 fully saturated rings. The molecule has 1 aliphatic carbocycles. The van der Waals surface area contributed by atoms with Gasteiger partial charge in [0.25, 0.3) is 11.8 Å². The highest BCUT2D eigenvalue weighted by Gasteiger charge is 2.24. The van der Waals surface area contributed by atoms with Gasteiger partial charge in [-0.2, -0.15) is 0 Å². The first-order valence-electron chi connectivity index (χ1n) is 12.5. The Bertz CT molecular complexity index is 1320. The number of hydrogen-bond acceptors (Lipinski definition) is 4. The summed E-state index contributed by atoms with van der Waals surface area (Å²) in [6, 6.07) is 22.8. The molecular weight excluding hydrogens is 519 g/mol. The topological polar surface area (TPSA) is 84.0 Å². The van der Waals surface area contributed by atoms with Crippen molar-refractivity contribution in [3.63, 3.8) is 0 Å². The van der Waals surface area contributed by atoms with E-state index in [4.69, 9.17) is 23.2 Å². The summed E-state index contributed by atoms with van der Waals surface area (Å²) < 4.78 is 0. The Labute approximate surface area is 231 Å². The van der Waals surface area contributed by atoms with Crippen molar-refractivity contribution in [1.82, 2.24) is 9.97 Å². The summed E-state index contributed by atoms with van der Waals surface area (Å²) in [6.45, 7) is 0. The van der Waals surface area contributed by atoms with E-state index in [1.54, 1.807) is 36.7 Å². The zero-order valence-electron chi connectivity index (χ0n) is 20.5.